The predicted octanol–water partition coefficient (Wildman–Crippen LogP) is 3.78. The Balaban J connectivity index is 1.80. The van der Waals surface area contributed by atoms with Crippen molar-refractivity contribution in [1.82, 2.24) is 18.9 Å². The number of nitrogens with zero attached hydrogens (tertiary/aromatic N) is 4. The van der Waals surface area contributed by atoms with Gasteiger partial charge in [0.05, 0.1) is 22.0 Å². The first-order valence-electron chi connectivity index (χ1n) is 12.0. The molecule has 10 heteroatoms. The van der Waals surface area contributed by atoms with Crippen LogP contribution < -0.4 is 5.69 Å². The van der Waals surface area contributed by atoms with Crippen LogP contribution in [0.2, 0.25) is 5.02 Å². The minimum absolute atomic E-state index is 0.179. The van der Waals surface area contributed by atoms with Crippen LogP contribution in [0.4, 0.5) is 4.39 Å². The van der Waals surface area contributed by atoms with Crippen molar-refractivity contribution in [2.45, 2.75) is 18.9 Å². The van der Waals surface area contributed by atoms with Gasteiger partial charge in [0.25, 0.3) is 0 Å². The Morgan fingerprint density at radius 2 is 1.95 bits per heavy atom. The number of phenolic OH excluding ortho intramolecular Hbond substituents is 1. The molecule has 4 rings (SSSR count). The van der Waals surface area contributed by atoms with Gasteiger partial charge < -0.3 is 24.6 Å². The van der Waals surface area contributed by atoms with Crippen molar-refractivity contribution < 1.29 is 19.4 Å². The maximum Gasteiger partial charge on any atom is 0.332 e. The van der Waals surface area contributed by atoms with Gasteiger partial charge in [-0.1, -0.05) is 17.7 Å². The lowest BCUT2D eigenvalue weighted by Gasteiger charge is -2.21. The Morgan fingerprint density at radius 3 is 2.50 bits per heavy atom. The van der Waals surface area contributed by atoms with E-state index >= 15 is 0 Å². The molecule has 1 aliphatic heterocycles. The van der Waals surface area contributed by atoms with Crippen LogP contribution in [0.3, 0.4) is 0 Å². The third-order valence-electron chi connectivity index (χ3n) is 6.49. The molecule has 1 fully saturated rings. The Kier molecular flexibility index (Phi) is 7.53. The number of carbonyl (C=O) groups excluding carboxylic acids is 1. The van der Waals surface area contributed by atoms with Crippen LogP contribution in [0.1, 0.15) is 18.9 Å². The molecule has 1 atom stereocenters. The maximum atomic E-state index is 14.9. The summed E-state index contributed by atoms with van der Waals surface area (Å²) in [5, 5.41) is 21.9. The second kappa shape index (κ2) is 10.5. The van der Waals surface area contributed by atoms with Crippen molar-refractivity contribution in [3.8, 4) is 22.6 Å². The van der Waals surface area contributed by atoms with E-state index in [2.05, 4.69) is 0 Å². The van der Waals surface area contributed by atoms with Crippen LogP contribution in [-0.4, -0.2) is 68.2 Å². The molecule has 2 aromatic carbocycles. The number of β-amino-alcohol motifs (C(OH)–C–C–N with tert-alkyl or cyclic N) is 1. The summed E-state index contributed by atoms with van der Waals surface area (Å²) in [6, 6.07) is 7.24. The van der Waals surface area contributed by atoms with Gasteiger partial charge in [-0.2, -0.15) is 0 Å². The van der Waals surface area contributed by atoms with Crippen LogP contribution in [0.25, 0.3) is 22.4 Å². The van der Waals surface area contributed by atoms with E-state index in [1.165, 1.54) is 21.3 Å². The number of benzene rings is 2. The molecule has 1 aliphatic rings. The number of allylic oxidation sites excluding steroid dienone is 3. The van der Waals surface area contributed by atoms with Gasteiger partial charge in [-0.15, -0.1) is 0 Å². The van der Waals surface area contributed by atoms with Gasteiger partial charge >= 0.3 is 5.69 Å². The van der Waals surface area contributed by atoms with Crippen molar-refractivity contribution in [2.75, 3.05) is 27.2 Å². The molecule has 200 valence electrons. The molecule has 0 bridgehead atoms. The smallest absolute Gasteiger partial charge is 0.332 e. The summed E-state index contributed by atoms with van der Waals surface area (Å²) in [6.07, 6.45) is 7.65. The first-order valence-corrected chi connectivity index (χ1v) is 12.4. The number of carbonyl (C=O) groups is 1. The highest BCUT2D eigenvalue weighted by molar-refractivity contribution is 6.32. The first-order chi connectivity index (χ1) is 17.9. The zero-order valence-electron chi connectivity index (χ0n) is 21.7. The highest BCUT2D eigenvalue weighted by Crippen LogP contribution is 2.39. The lowest BCUT2D eigenvalue weighted by atomic mass is 9.96. The third kappa shape index (κ3) is 5.54. The summed E-state index contributed by atoms with van der Waals surface area (Å²) in [4.78, 5) is 27.8. The van der Waals surface area contributed by atoms with Gasteiger partial charge in [0, 0.05) is 69.5 Å². The highest BCUT2D eigenvalue weighted by Gasteiger charge is 2.32. The number of hydrogen-bond acceptors (Lipinski definition) is 6. The number of aliphatic hydroxyl groups is 1. The topological polar surface area (TPSA) is 90.9 Å². The van der Waals surface area contributed by atoms with E-state index in [0.29, 0.717) is 41.8 Å². The SMILES string of the molecule is CN(C)/C=C(\C=C(/C=O)N1CCC(C)(O)C1)c1cc(F)cc(-c2ccc(-n3ccn(C)c3=O)c(Cl)c2)c1O. The molecule has 0 amide bonds. The summed E-state index contributed by atoms with van der Waals surface area (Å²) in [5.41, 5.74) is 0.791. The molecule has 1 aromatic heterocycles. The molecular weight excluding hydrogens is 511 g/mol. The molecular formula is C28H30ClFN4O4. The quantitative estimate of drug-likeness (QED) is 0.269. The molecule has 0 radical (unpaired) electrons. The van der Waals surface area contributed by atoms with E-state index in [-0.39, 0.29) is 34.1 Å². The minimum Gasteiger partial charge on any atom is -0.507 e. The monoisotopic (exact) mass is 540 g/mol. The molecule has 1 saturated heterocycles. The second-order valence-electron chi connectivity index (χ2n) is 9.98. The predicted molar refractivity (Wildman–Crippen MR) is 146 cm³/mol. The van der Waals surface area contributed by atoms with Crippen molar-refractivity contribution in [3.05, 3.63) is 87.6 Å². The van der Waals surface area contributed by atoms with Crippen molar-refractivity contribution in [2.24, 2.45) is 7.05 Å². The average Bonchev–Trinajstić information content (AvgIpc) is 3.38. The van der Waals surface area contributed by atoms with E-state index in [0.717, 1.165) is 0 Å². The number of phenols is 1. The number of rotatable bonds is 7. The van der Waals surface area contributed by atoms with Gasteiger partial charge in [0.1, 0.15) is 11.6 Å². The molecule has 8 nitrogen and oxygen atoms in total. The van der Waals surface area contributed by atoms with Crippen LogP contribution in [-0.2, 0) is 11.8 Å². The number of likely N-dealkylation sites (tertiary alicyclic amines) is 1. The van der Waals surface area contributed by atoms with Crippen LogP contribution in [0, 0.1) is 5.82 Å². The number of aromatic hydroxyl groups is 1. The first kappa shape index (κ1) is 27.2. The van der Waals surface area contributed by atoms with Crippen molar-refractivity contribution in [1.29, 1.82) is 0 Å². The average molecular weight is 541 g/mol. The lowest BCUT2D eigenvalue weighted by molar-refractivity contribution is -0.106. The fourth-order valence-corrected chi connectivity index (χ4v) is 4.82. The Labute approximate surface area is 225 Å². The molecule has 0 aliphatic carbocycles. The number of aromatic nitrogens is 2. The molecule has 0 saturated carbocycles. The van der Waals surface area contributed by atoms with Gasteiger partial charge in [-0.3, -0.25) is 9.36 Å². The number of imidazole rings is 1. The number of halogens is 2. The van der Waals surface area contributed by atoms with Crippen LogP contribution >= 0.6 is 11.6 Å². The second-order valence-corrected chi connectivity index (χ2v) is 10.4. The summed E-state index contributed by atoms with van der Waals surface area (Å²) in [6.45, 7) is 2.48. The van der Waals surface area contributed by atoms with Gasteiger partial charge in [-0.25, -0.2) is 9.18 Å². The van der Waals surface area contributed by atoms with Gasteiger partial charge in [0.15, 0.2) is 6.29 Å². The third-order valence-corrected chi connectivity index (χ3v) is 6.79. The Bertz CT molecular complexity index is 1500. The molecule has 38 heavy (non-hydrogen) atoms. The fraction of sp³-hybridized carbons (Fsp3) is 0.286. The van der Waals surface area contributed by atoms with Gasteiger partial charge in [0.2, 0.25) is 0 Å². The molecule has 1 unspecified atom stereocenters. The summed E-state index contributed by atoms with van der Waals surface area (Å²) < 4.78 is 17.8. The van der Waals surface area contributed by atoms with Crippen LogP contribution in [0.15, 0.2) is 65.5 Å². The Hall–Kier alpha value is -3.82. The van der Waals surface area contributed by atoms with Crippen molar-refractivity contribution >= 4 is 23.5 Å². The minimum atomic E-state index is -0.919. The zero-order valence-corrected chi connectivity index (χ0v) is 22.4. The fourth-order valence-electron chi connectivity index (χ4n) is 4.54. The molecule has 2 N–H and O–H groups in total. The normalized spacial score (nSPS) is 18.2. The van der Waals surface area contributed by atoms with E-state index in [1.54, 1.807) is 80.7 Å². The zero-order chi connectivity index (χ0) is 27.8. The molecule has 2 heterocycles. The maximum absolute atomic E-state index is 14.9. The van der Waals surface area contributed by atoms with E-state index in [9.17, 15) is 24.2 Å². The van der Waals surface area contributed by atoms with Crippen molar-refractivity contribution in [3.63, 3.8) is 0 Å². The molecule has 3 aromatic rings. The summed E-state index contributed by atoms with van der Waals surface area (Å²) in [7, 11) is 5.18. The number of hydrogen-bond donors (Lipinski definition) is 2. The number of aryl methyl sites for hydroxylation is 1. The standard InChI is InChI=1S/C28H30ClFN4O4/c1-28(38)7-8-33(17-28)21(16-35)11-19(15-31(2)3)23-14-20(30)13-22(26(23)36)18-5-6-25(24(29)12-18)34-10-9-32(4)27(34)37/h5-6,9-16,36,38H,7-8,17H2,1-4H3/b19-15+,21-11+. The summed E-state index contributed by atoms with van der Waals surface area (Å²) >= 11 is 6.50. The van der Waals surface area contributed by atoms with Gasteiger partial charge in [-0.05, 0) is 49.2 Å². The van der Waals surface area contributed by atoms with E-state index in [1.807, 2.05) is 0 Å². The highest BCUT2D eigenvalue weighted by atomic mass is 35.5. The van der Waals surface area contributed by atoms with E-state index < -0.39 is 11.4 Å². The number of aldehydes is 1. The lowest BCUT2D eigenvalue weighted by Crippen LogP contribution is -2.29. The van der Waals surface area contributed by atoms with E-state index in [4.69, 9.17) is 11.6 Å². The van der Waals surface area contributed by atoms with Crippen LogP contribution in [0.5, 0.6) is 5.75 Å². The Morgan fingerprint density at radius 1 is 1.21 bits per heavy atom. The largest absolute Gasteiger partial charge is 0.507 e. The summed E-state index contributed by atoms with van der Waals surface area (Å²) in [5.74, 6) is -0.794. The molecule has 0 spiro atoms.